The minimum Gasteiger partial charge on any atom is -0.508 e. The van der Waals surface area contributed by atoms with Crippen molar-refractivity contribution in [3.05, 3.63) is 83.2 Å². The van der Waals surface area contributed by atoms with Crippen molar-refractivity contribution in [3.63, 3.8) is 0 Å². The number of alkyl halides is 1. The molecule has 38 heavy (non-hydrogen) atoms. The molecule has 0 saturated carbocycles. The Labute approximate surface area is 227 Å². The van der Waals surface area contributed by atoms with E-state index in [4.69, 9.17) is 9.47 Å². The van der Waals surface area contributed by atoms with E-state index in [0.29, 0.717) is 13.0 Å². The van der Waals surface area contributed by atoms with Crippen LogP contribution >= 0.6 is 11.8 Å². The first-order chi connectivity index (χ1) is 18.6. The molecular weight excluding hydrogens is 504 g/mol. The van der Waals surface area contributed by atoms with Crippen molar-refractivity contribution in [1.82, 2.24) is 4.90 Å². The molecular formula is C31H33F2NO3S. The van der Waals surface area contributed by atoms with Crippen LogP contribution in [-0.4, -0.2) is 54.8 Å². The van der Waals surface area contributed by atoms with Crippen molar-refractivity contribution in [3.8, 4) is 17.2 Å². The molecule has 0 bridgehead atoms. The van der Waals surface area contributed by atoms with Gasteiger partial charge in [0.25, 0.3) is 0 Å². The fourth-order valence-corrected chi connectivity index (χ4v) is 6.30. The number of phenols is 1. The Balaban J connectivity index is 1.48. The lowest BCUT2D eigenvalue weighted by molar-refractivity contribution is 0.198. The first-order valence-electron chi connectivity index (χ1n) is 13.2. The van der Waals surface area contributed by atoms with E-state index in [9.17, 15) is 13.9 Å². The molecule has 0 spiro atoms. The van der Waals surface area contributed by atoms with E-state index < -0.39 is 0 Å². The Morgan fingerprint density at radius 2 is 1.87 bits per heavy atom. The van der Waals surface area contributed by atoms with Crippen LogP contribution in [0.5, 0.6) is 17.2 Å². The summed E-state index contributed by atoms with van der Waals surface area (Å²) in [4.78, 5) is 3.25. The maximum Gasteiger partial charge on any atom is 0.165 e. The number of hydrogen-bond donors (Lipinski definition) is 1. The smallest absolute Gasteiger partial charge is 0.165 e. The van der Waals surface area contributed by atoms with E-state index in [1.165, 1.54) is 0 Å². The monoisotopic (exact) mass is 537 g/mol. The predicted octanol–water partition coefficient (Wildman–Crippen LogP) is 7.20. The van der Waals surface area contributed by atoms with E-state index in [1.807, 2.05) is 31.2 Å². The van der Waals surface area contributed by atoms with Crippen molar-refractivity contribution in [2.24, 2.45) is 0 Å². The van der Waals surface area contributed by atoms with Crippen LogP contribution in [-0.2, 0) is 0 Å². The van der Waals surface area contributed by atoms with Crippen LogP contribution in [0.4, 0.5) is 8.78 Å². The molecule has 1 saturated heterocycles. The van der Waals surface area contributed by atoms with Gasteiger partial charge in [0.2, 0.25) is 0 Å². The number of allylic oxidation sites excluding steroid dienone is 1. The minimum absolute atomic E-state index is 0.0973. The van der Waals surface area contributed by atoms with Crippen LogP contribution < -0.4 is 9.47 Å². The van der Waals surface area contributed by atoms with Gasteiger partial charge < -0.3 is 14.6 Å². The fourth-order valence-electron chi connectivity index (χ4n) is 5.24. The molecule has 3 aromatic rings. The number of thioether (sulfide) groups is 1. The Morgan fingerprint density at radius 1 is 1.05 bits per heavy atom. The summed E-state index contributed by atoms with van der Waals surface area (Å²) in [5.74, 6) is 1.72. The third kappa shape index (κ3) is 6.00. The molecule has 3 aromatic carbocycles. The second-order valence-corrected chi connectivity index (χ2v) is 10.7. The van der Waals surface area contributed by atoms with Gasteiger partial charge in [0.05, 0.1) is 13.3 Å². The number of hydrogen-bond acceptors (Lipinski definition) is 5. The third-order valence-electron chi connectivity index (χ3n) is 7.01. The highest BCUT2D eigenvalue weighted by Crippen LogP contribution is 2.44. The van der Waals surface area contributed by atoms with E-state index in [-0.39, 0.29) is 30.1 Å². The van der Waals surface area contributed by atoms with Crippen LogP contribution in [0.15, 0.2) is 65.6 Å². The third-order valence-corrected chi connectivity index (χ3v) is 8.07. The van der Waals surface area contributed by atoms with E-state index >= 15 is 0 Å². The van der Waals surface area contributed by atoms with Crippen LogP contribution in [0.3, 0.4) is 0 Å². The summed E-state index contributed by atoms with van der Waals surface area (Å²) in [5.41, 5.74) is 4.92. The molecule has 7 heteroatoms. The molecule has 0 amide bonds. The number of nitrogens with zero attached hydrogens (tertiary/aromatic N) is 1. The van der Waals surface area contributed by atoms with E-state index in [2.05, 4.69) is 17.0 Å². The first kappa shape index (κ1) is 26.6. The molecule has 200 valence electrons. The van der Waals surface area contributed by atoms with E-state index in [1.54, 1.807) is 36.0 Å². The molecule has 1 atom stereocenters. The predicted molar refractivity (Wildman–Crippen MR) is 149 cm³/mol. The molecule has 0 unspecified atom stereocenters. The van der Waals surface area contributed by atoms with Crippen molar-refractivity contribution < 1.29 is 23.4 Å². The second kappa shape index (κ2) is 12.2. The molecule has 0 aromatic heterocycles. The van der Waals surface area contributed by atoms with Gasteiger partial charge in [0.1, 0.15) is 17.6 Å². The maximum atomic E-state index is 14.9. The molecule has 0 aliphatic carbocycles. The summed E-state index contributed by atoms with van der Waals surface area (Å²) in [6.07, 6.45) is 2.34. The Kier molecular flexibility index (Phi) is 8.55. The van der Waals surface area contributed by atoms with Crippen LogP contribution in [0, 0.1) is 5.82 Å². The minimum atomic E-state index is -0.375. The van der Waals surface area contributed by atoms with Gasteiger partial charge in [-0.05, 0) is 96.5 Å². The Morgan fingerprint density at radius 3 is 2.63 bits per heavy atom. The largest absolute Gasteiger partial charge is 0.508 e. The number of halogens is 2. The molecule has 2 heterocycles. The van der Waals surface area contributed by atoms with Crippen molar-refractivity contribution >= 4 is 22.9 Å². The summed E-state index contributed by atoms with van der Waals surface area (Å²) >= 11 is 1.69. The SMILES string of the molecule is CCOc1ccc(C2=C(c3ccc(O[C@H]4CCN(CCCF)C4)cc3)c3ccc(O)cc3SCC2)cc1F. The number of ether oxygens (including phenoxy) is 2. The van der Waals surface area contributed by atoms with Gasteiger partial charge in [-0.3, -0.25) is 9.29 Å². The average Bonchev–Trinajstić information content (AvgIpc) is 3.28. The normalized spacial score (nSPS) is 17.8. The van der Waals surface area contributed by atoms with E-state index in [0.717, 1.165) is 76.7 Å². The topological polar surface area (TPSA) is 41.9 Å². The Hall–Kier alpha value is -3.03. The standard InChI is InChI=1S/C31H33F2NO3S/c1-2-36-29-11-6-22(18-28(29)33)26-13-17-38-30-19-23(35)7-10-27(30)31(26)21-4-8-24(9-5-21)37-25-12-16-34(20-25)15-3-14-32/h4-11,18-19,25,35H,2-3,12-17,20H2,1H3/t25-/m0/s1. The molecule has 1 N–H and O–H groups in total. The van der Waals surface area contributed by atoms with Crippen LogP contribution in [0.25, 0.3) is 11.1 Å². The highest BCUT2D eigenvalue weighted by Gasteiger charge is 2.25. The fraction of sp³-hybridized carbons (Fsp3) is 0.355. The lowest BCUT2D eigenvalue weighted by atomic mass is 9.88. The number of benzene rings is 3. The highest BCUT2D eigenvalue weighted by molar-refractivity contribution is 7.99. The van der Waals surface area contributed by atoms with Crippen LogP contribution in [0.1, 0.15) is 42.9 Å². The summed E-state index contributed by atoms with van der Waals surface area (Å²) in [5, 5.41) is 10.1. The first-order valence-corrected chi connectivity index (χ1v) is 14.2. The van der Waals surface area contributed by atoms with Gasteiger partial charge in [0.15, 0.2) is 11.6 Å². The number of likely N-dealkylation sites (tertiary alicyclic amines) is 1. The van der Waals surface area contributed by atoms with Gasteiger partial charge >= 0.3 is 0 Å². The Bertz CT molecular complexity index is 1290. The summed E-state index contributed by atoms with van der Waals surface area (Å²) < 4.78 is 39.1. The van der Waals surface area contributed by atoms with Crippen LogP contribution in [0.2, 0.25) is 0 Å². The quantitative estimate of drug-likeness (QED) is 0.313. The molecule has 4 nitrogen and oxygen atoms in total. The lowest BCUT2D eigenvalue weighted by Crippen LogP contribution is -2.26. The van der Waals surface area contributed by atoms with Gasteiger partial charge in [-0.25, -0.2) is 4.39 Å². The molecule has 5 rings (SSSR count). The average molecular weight is 538 g/mol. The van der Waals surface area contributed by atoms with Crippen molar-refractivity contribution in [2.45, 2.75) is 37.2 Å². The summed E-state index contributed by atoms with van der Waals surface area (Å²) in [7, 11) is 0. The zero-order chi connectivity index (χ0) is 26.5. The molecule has 2 aliphatic rings. The second-order valence-electron chi connectivity index (χ2n) is 9.61. The highest BCUT2D eigenvalue weighted by atomic mass is 32.2. The zero-order valence-corrected chi connectivity index (χ0v) is 22.4. The maximum absolute atomic E-state index is 14.9. The molecule has 1 fully saturated rings. The van der Waals surface area contributed by atoms with Crippen molar-refractivity contribution in [1.29, 1.82) is 0 Å². The van der Waals surface area contributed by atoms with Gasteiger partial charge in [-0.15, -0.1) is 11.8 Å². The lowest BCUT2D eigenvalue weighted by Gasteiger charge is -2.18. The molecule has 0 radical (unpaired) electrons. The zero-order valence-electron chi connectivity index (χ0n) is 21.6. The van der Waals surface area contributed by atoms with Crippen molar-refractivity contribution in [2.75, 3.05) is 38.7 Å². The van der Waals surface area contributed by atoms with Gasteiger partial charge in [-0.1, -0.05) is 18.2 Å². The number of phenolic OH excluding ortho intramolecular Hbond substituents is 1. The number of fused-ring (bicyclic) bond motifs is 1. The van der Waals surface area contributed by atoms with Gasteiger partial charge in [-0.2, -0.15) is 0 Å². The van der Waals surface area contributed by atoms with Gasteiger partial charge in [0, 0.05) is 30.3 Å². The number of rotatable bonds is 9. The molecule has 2 aliphatic heterocycles. The summed E-state index contributed by atoms with van der Waals surface area (Å²) in [6, 6.07) is 18.7. The summed E-state index contributed by atoms with van der Waals surface area (Å²) in [6.45, 7) is 4.47. The number of aromatic hydroxyl groups is 1.